The summed E-state index contributed by atoms with van der Waals surface area (Å²) in [6.45, 7) is 3.54. The van der Waals surface area contributed by atoms with Crippen molar-refractivity contribution in [2.24, 2.45) is 0 Å². The van der Waals surface area contributed by atoms with E-state index < -0.39 is 0 Å². The molecule has 3 aliphatic heterocycles. The maximum absolute atomic E-state index is 12.1. The molecule has 0 radical (unpaired) electrons. The van der Waals surface area contributed by atoms with Crippen LogP contribution in [0.5, 0.6) is 0 Å². The molecule has 0 unspecified atom stereocenters. The fourth-order valence-electron chi connectivity index (χ4n) is 3.29. The van der Waals surface area contributed by atoms with Crippen LogP contribution in [0.2, 0.25) is 5.02 Å². The number of pyridine rings is 1. The molecule has 1 aromatic rings. The second-order valence-corrected chi connectivity index (χ2v) is 6.54. The Kier molecular flexibility index (Phi) is 4.09. The van der Waals surface area contributed by atoms with Crippen LogP contribution in [0, 0.1) is 0 Å². The van der Waals surface area contributed by atoms with Crippen LogP contribution in [-0.2, 0) is 6.42 Å². The van der Waals surface area contributed by atoms with Gasteiger partial charge in [-0.05, 0) is 36.1 Å². The second-order valence-electron chi connectivity index (χ2n) is 6.16. The molecule has 4 rings (SSSR count). The normalized spacial score (nSPS) is 14.8. The Hall–Kier alpha value is -2.53. The van der Waals surface area contributed by atoms with Gasteiger partial charge in [0.25, 0.3) is 0 Å². The van der Waals surface area contributed by atoms with Crippen LogP contribution in [0.4, 0.5) is 10.5 Å². The predicted molar refractivity (Wildman–Crippen MR) is 100 cm³/mol. The minimum absolute atomic E-state index is 0.0477. The third kappa shape index (κ3) is 2.74. The average molecular weight is 355 g/mol. The Morgan fingerprint density at radius 2 is 2.24 bits per heavy atom. The van der Waals surface area contributed by atoms with Gasteiger partial charge in [-0.25, -0.2) is 9.78 Å². The Labute approximate surface area is 151 Å². The SMILES string of the molecule is CCc1c[nH]c2ncc(-c3cccc(N4CCCNC4=O)c3)c-2c1Cl. The van der Waals surface area contributed by atoms with Crippen molar-refractivity contribution in [3.05, 3.63) is 47.2 Å². The van der Waals surface area contributed by atoms with Crippen molar-refractivity contribution < 1.29 is 4.79 Å². The third-order valence-corrected chi connectivity index (χ3v) is 5.07. The molecular weight excluding hydrogens is 336 g/mol. The first-order chi connectivity index (χ1) is 12.2. The summed E-state index contributed by atoms with van der Waals surface area (Å²) in [5.41, 5.74) is 4.86. The van der Waals surface area contributed by atoms with Crippen molar-refractivity contribution in [2.45, 2.75) is 19.8 Å². The zero-order chi connectivity index (χ0) is 17.4. The van der Waals surface area contributed by atoms with Gasteiger partial charge in [-0.1, -0.05) is 30.7 Å². The van der Waals surface area contributed by atoms with Crippen molar-refractivity contribution in [3.63, 3.8) is 0 Å². The molecule has 0 spiro atoms. The molecule has 2 N–H and O–H groups in total. The smallest absolute Gasteiger partial charge is 0.321 e. The molecule has 128 valence electrons. The summed E-state index contributed by atoms with van der Waals surface area (Å²) in [6.07, 6.45) is 5.54. The van der Waals surface area contributed by atoms with Crippen LogP contribution in [0.15, 0.2) is 36.7 Å². The summed E-state index contributed by atoms with van der Waals surface area (Å²) >= 11 is 6.62. The van der Waals surface area contributed by atoms with E-state index in [1.165, 1.54) is 0 Å². The Morgan fingerprint density at radius 1 is 1.36 bits per heavy atom. The summed E-state index contributed by atoms with van der Waals surface area (Å²) in [6, 6.07) is 7.92. The summed E-state index contributed by atoms with van der Waals surface area (Å²) in [5, 5.41) is 3.63. The van der Waals surface area contributed by atoms with Gasteiger partial charge in [0.1, 0.15) is 5.82 Å². The fourth-order valence-corrected chi connectivity index (χ4v) is 3.67. The number of nitrogens with zero attached hydrogens (tertiary/aromatic N) is 2. The summed E-state index contributed by atoms with van der Waals surface area (Å²) in [7, 11) is 0. The molecule has 0 atom stereocenters. The number of rotatable bonds is 3. The Bertz CT molecular complexity index is 904. The molecule has 0 saturated carbocycles. The molecule has 3 heterocycles. The van der Waals surface area contributed by atoms with Crippen LogP contribution >= 0.6 is 11.6 Å². The maximum atomic E-state index is 12.1. The molecule has 1 aromatic carbocycles. The molecule has 0 aliphatic carbocycles. The third-order valence-electron chi connectivity index (χ3n) is 4.64. The van der Waals surface area contributed by atoms with Gasteiger partial charge in [-0.15, -0.1) is 0 Å². The first kappa shape index (κ1) is 16.0. The molecule has 0 bridgehead atoms. The predicted octanol–water partition coefficient (Wildman–Crippen LogP) is 4.32. The first-order valence-corrected chi connectivity index (χ1v) is 8.87. The number of urea groups is 1. The van der Waals surface area contributed by atoms with Crippen LogP contribution in [0.25, 0.3) is 22.5 Å². The van der Waals surface area contributed by atoms with Crippen LogP contribution < -0.4 is 10.2 Å². The quantitative estimate of drug-likeness (QED) is 0.736. The number of nitrogens with one attached hydrogen (secondary N) is 2. The highest BCUT2D eigenvalue weighted by Crippen LogP contribution is 2.40. The minimum atomic E-state index is -0.0477. The fraction of sp³-hybridized carbons (Fsp3) is 0.263. The van der Waals surface area contributed by atoms with Crippen LogP contribution in [-0.4, -0.2) is 29.1 Å². The number of hydrogen-bond acceptors (Lipinski definition) is 2. The van der Waals surface area contributed by atoms with Gasteiger partial charge in [0.2, 0.25) is 0 Å². The molecule has 0 aromatic heterocycles. The van der Waals surface area contributed by atoms with Gasteiger partial charge < -0.3 is 10.3 Å². The van der Waals surface area contributed by atoms with Crippen molar-refractivity contribution in [1.82, 2.24) is 15.3 Å². The highest BCUT2D eigenvalue weighted by atomic mass is 35.5. The number of anilines is 1. The van der Waals surface area contributed by atoms with Gasteiger partial charge in [-0.2, -0.15) is 0 Å². The number of aromatic nitrogens is 2. The standard InChI is InChI=1S/C19H19ClN4O/c1-2-12-10-22-18-16(17(12)20)15(11-23-18)13-5-3-6-14(9-13)24-8-4-7-21-19(24)25/h3,5-6,9-11H,2,4,7-8H2,1H3,(H,21,25)(H,22,23). The molecular formula is C19H19ClN4O. The van der Waals surface area contributed by atoms with E-state index in [0.29, 0.717) is 0 Å². The van der Waals surface area contributed by atoms with Gasteiger partial charge in [0.15, 0.2) is 0 Å². The van der Waals surface area contributed by atoms with Gasteiger partial charge in [0, 0.05) is 42.3 Å². The Balaban J connectivity index is 1.79. The number of hydrogen-bond donors (Lipinski definition) is 2. The van der Waals surface area contributed by atoms with E-state index in [4.69, 9.17) is 11.6 Å². The van der Waals surface area contributed by atoms with Crippen molar-refractivity contribution in [2.75, 3.05) is 18.0 Å². The van der Waals surface area contributed by atoms with E-state index in [2.05, 4.69) is 22.2 Å². The lowest BCUT2D eigenvalue weighted by Crippen LogP contribution is -2.46. The molecule has 2 amide bonds. The van der Waals surface area contributed by atoms with Gasteiger partial charge in [-0.3, -0.25) is 4.90 Å². The van der Waals surface area contributed by atoms with E-state index in [-0.39, 0.29) is 6.03 Å². The topological polar surface area (TPSA) is 61.0 Å². The molecule has 5 nitrogen and oxygen atoms in total. The van der Waals surface area contributed by atoms with Gasteiger partial charge in [0.05, 0.1) is 5.02 Å². The van der Waals surface area contributed by atoms with Crippen molar-refractivity contribution in [1.29, 1.82) is 0 Å². The number of aryl methyl sites for hydroxylation is 1. The summed E-state index contributed by atoms with van der Waals surface area (Å²) < 4.78 is 0. The maximum Gasteiger partial charge on any atom is 0.321 e. The molecule has 1 saturated heterocycles. The number of carbonyl (C=O) groups is 1. The second kappa shape index (κ2) is 6.41. The van der Waals surface area contributed by atoms with Crippen LogP contribution in [0.3, 0.4) is 0 Å². The lowest BCUT2D eigenvalue weighted by Gasteiger charge is -2.27. The zero-order valence-corrected chi connectivity index (χ0v) is 14.7. The molecule has 1 fully saturated rings. The molecule has 3 aliphatic rings. The average Bonchev–Trinajstić information content (AvgIpc) is 3.08. The number of fused-ring (bicyclic) bond motifs is 1. The number of halogens is 1. The van der Waals surface area contributed by atoms with E-state index in [1.54, 1.807) is 4.90 Å². The van der Waals surface area contributed by atoms with Crippen LogP contribution in [0.1, 0.15) is 18.9 Å². The number of aromatic amines is 1. The lowest BCUT2D eigenvalue weighted by molar-refractivity contribution is 0.243. The monoisotopic (exact) mass is 354 g/mol. The number of amides is 2. The summed E-state index contributed by atoms with van der Waals surface area (Å²) in [4.78, 5) is 21.6. The van der Waals surface area contributed by atoms with E-state index in [1.807, 2.05) is 36.7 Å². The minimum Gasteiger partial charge on any atom is -0.346 e. The van der Waals surface area contributed by atoms with E-state index >= 15 is 0 Å². The van der Waals surface area contributed by atoms with Crippen molar-refractivity contribution in [3.8, 4) is 22.5 Å². The number of H-pyrrole nitrogens is 1. The van der Waals surface area contributed by atoms with Crippen molar-refractivity contribution >= 4 is 23.3 Å². The number of carbonyl (C=O) groups excluding carboxylic acids is 1. The van der Waals surface area contributed by atoms with E-state index in [0.717, 1.165) is 64.7 Å². The largest absolute Gasteiger partial charge is 0.346 e. The lowest BCUT2D eigenvalue weighted by atomic mass is 10.0. The zero-order valence-electron chi connectivity index (χ0n) is 14.0. The molecule has 25 heavy (non-hydrogen) atoms. The van der Waals surface area contributed by atoms with Gasteiger partial charge >= 0.3 is 6.03 Å². The number of benzene rings is 1. The highest BCUT2D eigenvalue weighted by molar-refractivity contribution is 6.34. The van der Waals surface area contributed by atoms with E-state index in [9.17, 15) is 4.79 Å². The highest BCUT2D eigenvalue weighted by Gasteiger charge is 2.22. The molecule has 6 heteroatoms. The Morgan fingerprint density at radius 3 is 3.04 bits per heavy atom. The summed E-state index contributed by atoms with van der Waals surface area (Å²) in [5.74, 6) is 0.776. The first-order valence-electron chi connectivity index (χ1n) is 8.49.